The van der Waals surface area contributed by atoms with Gasteiger partial charge >= 0.3 is 0 Å². The van der Waals surface area contributed by atoms with E-state index in [1.165, 1.54) is 5.56 Å². The highest BCUT2D eigenvalue weighted by molar-refractivity contribution is 5.79. The fourth-order valence-corrected chi connectivity index (χ4v) is 3.57. The summed E-state index contributed by atoms with van der Waals surface area (Å²) in [7, 11) is 0. The van der Waals surface area contributed by atoms with Crippen LogP contribution in [0.3, 0.4) is 0 Å². The van der Waals surface area contributed by atoms with Crippen molar-refractivity contribution in [2.24, 2.45) is 5.92 Å². The number of rotatable bonds is 7. The summed E-state index contributed by atoms with van der Waals surface area (Å²) in [6, 6.07) is 10.6. The van der Waals surface area contributed by atoms with Crippen LogP contribution in [0.4, 0.5) is 0 Å². The van der Waals surface area contributed by atoms with Gasteiger partial charge in [0.15, 0.2) is 0 Å². The van der Waals surface area contributed by atoms with Crippen molar-refractivity contribution in [2.45, 2.75) is 65.0 Å². The third kappa shape index (κ3) is 4.81. The van der Waals surface area contributed by atoms with Gasteiger partial charge in [-0.1, -0.05) is 51.1 Å². The molecule has 1 amide bonds. The normalized spacial score (nSPS) is 17.2. The van der Waals surface area contributed by atoms with E-state index in [4.69, 9.17) is 0 Å². The second-order valence-corrected chi connectivity index (χ2v) is 6.87. The first-order valence-electron chi connectivity index (χ1n) is 9.20. The Balaban J connectivity index is 1.83. The number of amides is 1. The van der Waals surface area contributed by atoms with E-state index in [0.717, 1.165) is 51.7 Å². The van der Waals surface area contributed by atoms with Crippen LogP contribution in [0, 0.1) is 5.92 Å². The predicted molar refractivity (Wildman–Crippen MR) is 96.2 cm³/mol. The van der Waals surface area contributed by atoms with Gasteiger partial charge in [0.2, 0.25) is 5.91 Å². The molecule has 23 heavy (non-hydrogen) atoms. The van der Waals surface area contributed by atoms with Crippen molar-refractivity contribution in [1.29, 1.82) is 0 Å². The fraction of sp³-hybridized carbons (Fsp3) is 0.650. The smallest absolute Gasteiger partial charge is 0.223 e. The van der Waals surface area contributed by atoms with Gasteiger partial charge in [-0.3, -0.25) is 9.69 Å². The minimum absolute atomic E-state index is 0.00173. The Bertz CT molecular complexity index is 465. The lowest BCUT2D eigenvalue weighted by Gasteiger charge is -2.36. The van der Waals surface area contributed by atoms with E-state index in [2.05, 4.69) is 61.3 Å². The lowest BCUT2D eigenvalue weighted by Crippen LogP contribution is -2.51. The van der Waals surface area contributed by atoms with Crippen LogP contribution in [0.15, 0.2) is 30.3 Å². The summed E-state index contributed by atoms with van der Waals surface area (Å²) >= 11 is 0. The lowest BCUT2D eigenvalue weighted by molar-refractivity contribution is -0.128. The van der Waals surface area contributed by atoms with E-state index in [9.17, 15) is 4.79 Å². The predicted octanol–water partition coefficient (Wildman–Crippen LogP) is 3.98. The van der Waals surface area contributed by atoms with E-state index < -0.39 is 0 Å². The maximum atomic E-state index is 12.6. The van der Waals surface area contributed by atoms with Crippen LogP contribution in [0.5, 0.6) is 0 Å². The van der Waals surface area contributed by atoms with Gasteiger partial charge in [0.05, 0.1) is 0 Å². The maximum absolute atomic E-state index is 12.6. The molecule has 0 saturated carbocycles. The molecule has 128 valence electrons. The van der Waals surface area contributed by atoms with Crippen LogP contribution in [-0.4, -0.2) is 29.4 Å². The molecule has 0 bridgehead atoms. The number of carbonyl (C=O) groups is 1. The molecule has 1 aliphatic heterocycles. The SMILES string of the molecule is CCC(CC)(CC)NC(=O)C1CCN(Cc2ccccc2)CC1. The average molecular weight is 316 g/mol. The Labute approximate surface area is 141 Å². The molecule has 1 heterocycles. The van der Waals surface area contributed by atoms with Crippen LogP contribution in [0.25, 0.3) is 0 Å². The van der Waals surface area contributed by atoms with Gasteiger partial charge in [0.1, 0.15) is 0 Å². The third-order valence-electron chi connectivity index (χ3n) is 5.63. The van der Waals surface area contributed by atoms with E-state index in [-0.39, 0.29) is 17.4 Å². The molecule has 1 aliphatic rings. The number of benzene rings is 1. The number of nitrogens with one attached hydrogen (secondary N) is 1. The van der Waals surface area contributed by atoms with Crippen LogP contribution >= 0.6 is 0 Å². The molecule has 0 atom stereocenters. The van der Waals surface area contributed by atoms with Gasteiger partial charge in [0.25, 0.3) is 0 Å². The number of piperidine rings is 1. The molecule has 0 aliphatic carbocycles. The van der Waals surface area contributed by atoms with Gasteiger partial charge in [-0.25, -0.2) is 0 Å². The van der Waals surface area contributed by atoms with Crippen molar-refractivity contribution in [2.75, 3.05) is 13.1 Å². The number of nitrogens with zero attached hydrogens (tertiary/aromatic N) is 1. The van der Waals surface area contributed by atoms with E-state index in [1.807, 2.05) is 0 Å². The molecule has 0 spiro atoms. The van der Waals surface area contributed by atoms with Gasteiger partial charge in [-0.2, -0.15) is 0 Å². The number of carbonyl (C=O) groups excluding carboxylic acids is 1. The van der Waals surface area contributed by atoms with Crippen LogP contribution in [-0.2, 0) is 11.3 Å². The first-order chi connectivity index (χ1) is 11.1. The number of hydrogen-bond acceptors (Lipinski definition) is 2. The molecular weight excluding hydrogens is 284 g/mol. The molecule has 1 saturated heterocycles. The Morgan fingerprint density at radius 2 is 1.65 bits per heavy atom. The topological polar surface area (TPSA) is 32.3 Å². The van der Waals surface area contributed by atoms with Gasteiger partial charge in [-0.15, -0.1) is 0 Å². The largest absolute Gasteiger partial charge is 0.350 e. The third-order valence-corrected chi connectivity index (χ3v) is 5.63. The zero-order valence-corrected chi connectivity index (χ0v) is 15.0. The molecule has 0 aromatic heterocycles. The van der Waals surface area contributed by atoms with Gasteiger partial charge < -0.3 is 5.32 Å². The van der Waals surface area contributed by atoms with Crippen molar-refractivity contribution in [3.8, 4) is 0 Å². The first-order valence-corrected chi connectivity index (χ1v) is 9.20. The highest BCUT2D eigenvalue weighted by Gasteiger charge is 2.31. The molecule has 2 rings (SSSR count). The molecule has 0 radical (unpaired) electrons. The Morgan fingerprint density at radius 1 is 1.09 bits per heavy atom. The van der Waals surface area contributed by atoms with Crippen molar-refractivity contribution in [1.82, 2.24) is 10.2 Å². The molecule has 1 aromatic rings. The maximum Gasteiger partial charge on any atom is 0.223 e. The lowest BCUT2D eigenvalue weighted by atomic mass is 9.87. The Hall–Kier alpha value is -1.35. The van der Waals surface area contributed by atoms with Gasteiger partial charge in [-0.05, 0) is 50.8 Å². The summed E-state index contributed by atoms with van der Waals surface area (Å²) in [6.45, 7) is 9.56. The van der Waals surface area contributed by atoms with Crippen molar-refractivity contribution >= 4 is 5.91 Å². The second-order valence-electron chi connectivity index (χ2n) is 6.87. The summed E-state index contributed by atoms with van der Waals surface area (Å²) in [4.78, 5) is 15.1. The van der Waals surface area contributed by atoms with Crippen molar-refractivity contribution < 1.29 is 4.79 Å². The minimum Gasteiger partial charge on any atom is -0.350 e. The Kier molecular flexibility index (Phi) is 6.64. The summed E-state index contributed by atoms with van der Waals surface area (Å²) in [5.41, 5.74) is 1.36. The fourth-order valence-electron chi connectivity index (χ4n) is 3.57. The quantitative estimate of drug-likeness (QED) is 0.825. The Morgan fingerprint density at radius 3 is 2.17 bits per heavy atom. The highest BCUT2D eigenvalue weighted by atomic mass is 16.2. The van der Waals surface area contributed by atoms with Crippen molar-refractivity contribution in [3.05, 3.63) is 35.9 Å². The van der Waals surface area contributed by atoms with Crippen LogP contribution in [0.1, 0.15) is 58.4 Å². The zero-order chi connectivity index (χ0) is 16.7. The van der Waals surface area contributed by atoms with Crippen LogP contribution in [0.2, 0.25) is 0 Å². The van der Waals surface area contributed by atoms with E-state index in [1.54, 1.807) is 0 Å². The summed E-state index contributed by atoms with van der Waals surface area (Å²) in [5, 5.41) is 3.36. The number of hydrogen-bond donors (Lipinski definition) is 1. The molecular formula is C20H32N2O. The molecule has 1 aromatic carbocycles. The average Bonchev–Trinajstić information content (AvgIpc) is 2.61. The summed E-state index contributed by atoms with van der Waals surface area (Å²) in [6.07, 6.45) is 4.99. The van der Waals surface area contributed by atoms with Gasteiger partial charge in [0, 0.05) is 18.0 Å². The molecule has 1 fully saturated rings. The van der Waals surface area contributed by atoms with E-state index in [0.29, 0.717) is 0 Å². The monoisotopic (exact) mass is 316 g/mol. The molecule has 3 heteroatoms. The van der Waals surface area contributed by atoms with E-state index >= 15 is 0 Å². The summed E-state index contributed by atoms with van der Waals surface area (Å²) in [5.74, 6) is 0.459. The summed E-state index contributed by atoms with van der Waals surface area (Å²) < 4.78 is 0. The number of likely N-dealkylation sites (tertiary alicyclic amines) is 1. The second kappa shape index (κ2) is 8.49. The molecule has 0 unspecified atom stereocenters. The standard InChI is InChI=1S/C20H32N2O/c1-4-20(5-2,6-3)21-19(23)18-12-14-22(15-13-18)16-17-10-8-7-9-11-17/h7-11,18H,4-6,12-16H2,1-3H3,(H,21,23). The van der Waals surface area contributed by atoms with Crippen molar-refractivity contribution in [3.63, 3.8) is 0 Å². The first kappa shape index (κ1) is 18.0. The highest BCUT2D eigenvalue weighted by Crippen LogP contribution is 2.24. The molecule has 3 nitrogen and oxygen atoms in total. The van der Waals surface area contributed by atoms with Crippen LogP contribution < -0.4 is 5.32 Å². The molecule has 1 N–H and O–H groups in total. The zero-order valence-electron chi connectivity index (χ0n) is 15.0. The minimum atomic E-state index is -0.00173.